The lowest BCUT2D eigenvalue weighted by Gasteiger charge is -2.27. The van der Waals surface area contributed by atoms with Gasteiger partial charge in [0, 0.05) is 6.04 Å². The number of para-hydroxylation sites is 1. The third kappa shape index (κ3) is 4.26. The molecule has 0 radical (unpaired) electrons. The topological polar surface area (TPSA) is 75.6 Å². The summed E-state index contributed by atoms with van der Waals surface area (Å²) in [5.74, 6) is -0.673. The molecule has 0 aliphatic heterocycles. The minimum absolute atomic E-state index is 0.0434. The molecule has 5 nitrogen and oxygen atoms in total. The van der Waals surface area contributed by atoms with Crippen molar-refractivity contribution in [1.82, 2.24) is 5.32 Å². The molecule has 1 aliphatic carbocycles. The largest absolute Gasteiger partial charge is 0.484 e. The van der Waals surface area contributed by atoms with E-state index in [2.05, 4.69) is 5.32 Å². The highest BCUT2D eigenvalue weighted by molar-refractivity contribution is 5.78. The summed E-state index contributed by atoms with van der Waals surface area (Å²) in [6, 6.07) is 9.07. The van der Waals surface area contributed by atoms with Gasteiger partial charge in [-0.2, -0.15) is 0 Å². The summed E-state index contributed by atoms with van der Waals surface area (Å²) < 4.78 is 5.36. The van der Waals surface area contributed by atoms with Crippen molar-refractivity contribution in [3.63, 3.8) is 0 Å². The third-order valence-corrected chi connectivity index (χ3v) is 3.50. The zero-order valence-electron chi connectivity index (χ0n) is 11.2. The normalized spacial score (nSPS) is 22.0. The zero-order chi connectivity index (χ0) is 14.4. The summed E-state index contributed by atoms with van der Waals surface area (Å²) in [5.41, 5.74) is 0. The maximum atomic E-state index is 11.8. The molecule has 1 fully saturated rings. The summed E-state index contributed by atoms with van der Waals surface area (Å²) in [6.45, 7) is -0.0434. The van der Waals surface area contributed by atoms with E-state index in [1.54, 1.807) is 12.1 Å². The lowest BCUT2D eigenvalue weighted by Crippen LogP contribution is -2.41. The van der Waals surface area contributed by atoms with E-state index < -0.39 is 5.97 Å². The minimum Gasteiger partial charge on any atom is -0.484 e. The highest BCUT2D eigenvalue weighted by Crippen LogP contribution is 2.24. The zero-order valence-corrected chi connectivity index (χ0v) is 11.2. The van der Waals surface area contributed by atoms with E-state index in [1.807, 2.05) is 18.2 Å². The van der Waals surface area contributed by atoms with E-state index in [0.29, 0.717) is 18.6 Å². The second kappa shape index (κ2) is 6.93. The SMILES string of the molecule is O=C(COc1ccccc1)NC1CCCC(C(=O)O)C1. The van der Waals surface area contributed by atoms with Gasteiger partial charge in [-0.15, -0.1) is 0 Å². The molecule has 1 amide bonds. The molecule has 1 saturated carbocycles. The van der Waals surface area contributed by atoms with Crippen LogP contribution >= 0.6 is 0 Å². The van der Waals surface area contributed by atoms with Gasteiger partial charge in [0.25, 0.3) is 5.91 Å². The number of hydrogen-bond acceptors (Lipinski definition) is 3. The molecule has 0 saturated heterocycles. The van der Waals surface area contributed by atoms with Gasteiger partial charge in [-0.1, -0.05) is 24.6 Å². The number of benzene rings is 1. The van der Waals surface area contributed by atoms with Crippen molar-refractivity contribution >= 4 is 11.9 Å². The quantitative estimate of drug-likeness (QED) is 0.861. The predicted molar refractivity (Wildman–Crippen MR) is 73.5 cm³/mol. The molecule has 2 atom stereocenters. The van der Waals surface area contributed by atoms with Crippen LogP contribution in [-0.4, -0.2) is 29.6 Å². The fourth-order valence-corrected chi connectivity index (χ4v) is 2.48. The van der Waals surface area contributed by atoms with Crippen LogP contribution in [0.25, 0.3) is 0 Å². The summed E-state index contributed by atoms with van der Waals surface area (Å²) in [6.07, 6.45) is 2.87. The Morgan fingerprint density at radius 3 is 2.70 bits per heavy atom. The highest BCUT2D eigenvalue weighted by Gasteiger charge is 2.27. The molecule has 1 aliphatic rings. The van der Waals surface area contributed by atoms with Crippen molar-refractivity contribution in [3.05, 3.63) is 30.3 Å². The molecule has 20 heavy (non-hydrogen) atoms. The summed E-state index contributed by atoms with van der Waals surface area (Å²) in [4.78, 5) is 22.7. The van der Waals surface area contributed by atoms with Crippen molar-refractivity contribution in [2.45, 2.75) is 31.7 Å². The number of carbonyl (C=O) groups is 2. The van der Waals surface area contributed by atoms with E-state index in [0.717, 1.165) is 12.8 Å². The molecule has 1 aromatic carbocycles. The van der Waals surface area contributed by atoms with Crippen LogP contribution < -0.4 is 10.1 Å². The number of aliphatic carboxylic acids is 1. The van der Waals surface area contributed by atoms with Gasteiger partial charge in [0.15, 0.2) is 6.61 Å². The molecular formula is C15H19NO4. The lowest BCUT2D eigenvalue weighted by molar-refractivity contribution is -0.143. The first-order chi connectivity index (χ1) is 9.65. The maximum absolute atomic E-state index is 11.8. The van der Waals surface area contributed by atoms with E-state index in [9.17, 15) is 9.59 Å². The van der Waals surface area contributed by atoms with Gasteiger partial charge >= 0.3 is 5.97 Å². The number of hydrogen-bond donors (Lipinski definition) is 2. The van der Waals surface area contributed by atoms with Gasteiger partial charge in [0.2, 0.25) is 0 Å². The van der Waals surface area contributed by atoms with E-state index in [1.165, 1.54) is 0 Å². The second-order valence-corrected chi connectivity index (χ2v) is 5.07. The van der Waals surface area contributed by atoms with E-state index >= 15 is 0 Å². The molecule has 0 bridgehead atoms. The van der Waals surface area contributed by atoms with Gasteiger partial charge < -0.3 is 15.2 Å². The van der Waals surface area contributed by atoms with Gasteiger partial charge in [-0.25, -0.2) is 0 Å². The number of nitrogens with one attached hydrogen (secondary N) is 1. The Bertz CT molecular complexity index is 460. The molecule has 0 aromatic heterocycles. The average molecular weight is 277 g/mol. The lowest BCUT2D eigenvalue weighted by atomic mass is 9.86. The van der Waals surface area contributed by atoms with Crippen molar-refractivity contribution in [1.29, 1.82) is 0 Å². The Hall–Kier alpha value is -2.04. The number of carboxylic acids is 1. The Labute approximate surface area is 117 Å². The third-order valence-electron chi connectivity index (χ3n) is 3.50. The molecule has 1 aromatic rings. The Kier molecular flexibility index (Phi) is 4.98. The Morgan fingerprint density at radius 2 is 2.00 bits per heavy atom. The van der Waals surface area contributed by atoms with E-state index in [4.69, 9.17) is 9.84 Å². The minimum atomic E-state index is -0.774. The van der Waals surface area contributed by atoms with Crippen LogP contribution in [0.2, 0.25) is 0 Å². The summed E-state index contributed by atoms with van der Waals surface area (Å²) in [7, 11) is 0. The van der Waals surface area contributed by atoms with Crippen LogP contribution in [0.5, 0.6) is 5.75 Å². The first-order valence-electron chi connectivity index (χ1n) is 6.85. The number of ether oxygens (including phenoxy) is 1. The molecule has 2 unspecified atom stereocenters. The number of carbonyl (C=O) groups excluding carboxylic acids is 1. The van der Waals surface area contributed by atoms with Crippen LogP contribution in [0.3, 0.4) is 0 Å². The molecule has 5 heteroatoms. The molecular weight excluding hydrogens is 258 g/mol. The van der Waals surface area contributed by atoms with Crippen LogP contribution in [-0.2, 0) is 9.59 Å². The standard InChI is InChI=1S/C15H19NO4/c17-14(10-20-13-7-2-1-3-8-13)16-12-6-4-5-11(9-12)15(18)19/h1-3,7-8,11-12H,4-6,9-10H2,(H,16,17)(H,18,19). The van der Waals surface area contributed by atoms with Crippen LogP contribution in [0.1, 0.15) is 25.7 Å². The smallest absolute Gasteiger partial charge is 0.306 e. The van der Waals surface area contributed by atoms with Crippen molar-refractivity contribution < 1.29 is 19.4 Å². The van der Waals surface area contributed by atoms with Gasteiger partial charge in [-0.3, -0.25) is 9.59 Å². The first-order valence-corrected chi connectivity index (χ1v) is 6.85. The monoisotopic (exact) mass is 277 g/mol. The van der Waals surface area contributed by atoms with Crippen LogP contribution in [0.4, 0.5) is 0 Å². The van der Waals surface area contributed by atoms with E-state index in [-0.39, 0.29) is 24.5 Å². The van der Waals surface area contributed by atoms with Crippen molar-refractivity contribution in [3.8, 4) is 5.75 Å². The molecule has 108 valence electrons. The molecule has 2 rings (SSSR count). The van der Waals surface area contributed by atoms with Crippen molar-refractivity contribution in [2.24, 2.45) is 5.92 Å². The fraction of sp³-hybridized carbons (Fsp3) is 0.467. The number of rotatable bonds is 5. The van der Waals surface area contributed by atoms with Crippen molar-refractivity contribution in [2.75, 3.05) is 6.61 Å². The Morgan fingerprint density at radius 1 is 1.25 bits per heavy atom. The molecule has 0 spiro atoms. The van der Waals surface area contributed by atoms with Gasteiger partial charge in [0.05, 0.1) is 5.92 Å². The molecule has 2 N–H and O–H groups in total. The summed E-state index contributed by atoms with van der Waals surface area (Å²) >= 11 is 0. The Balaban J connectivity index is 1.75. The highest BCUT2D eigenvalue weighted by atomic mass is 16.5. The second-order valence-electron chi connectivity index (χ2n) is 5.07. The maximum Gasteiger partial charge on any atom is 0.306 e. The first kappa shape index (κ1) is 14.4. The van der Waals surface area contributed by atoms with Crippen LogP contribution in [0, 0.1) is 5.92 Å². The predicted octanol–water partition coefficient (Wildman–Crippen LogP) is 1.82. The van der Waals surface area contributed by atoms with Gasteiger partial charge in [0.1, 0.15) is 5.75 Å². The molecule has 0 heterocycles. The number of carboxylic acid groups (broad SMARTS) is 1. The number of amides is 1. The average Bonchev–Trinajstić information content (AvgIpc) is 2.46. The van der Waals surface area contributed by atoms with Gasteiger partial charge in [-0.05, 0) is 31.4 Å². The fourth-order valence-electron chi connectivity index (χ4n) is 2.48. The van der Waals surface area contributed by atoms with Crippen LogP contribution in [0.15, 0.2) is 30.3 Å². The summed E-state index contributed by atoms with van der Waals surface area (Å²) in [5, 5.41) is 11.9.